The lowest BCUT2D eigenvalue weighted by atomic mass is 10.0. The Morgan fingerprint density at radius 3 is 1.02 bits per heavy atom. The summed E-state index contributed by atoms with van der Waals surface area (Å²) in [5, 5.41) is 31.5. The van der Waals surface area contributed by atoms with E-state index in [0.29, 0.717) is 90.4 Å². The van der Waals surface area contributed by atoms with E-state index >= 15 is 0 Å². The Morgan fingerprint density at radius 2 is 0.681 bits per heavy atom. The Morgan fingerprint density at radius 1 is 0.374 bits per heavy atom. The smallest absolute Gasteiger partial charge is 0.335 e. The predicted octanol–water partition coefficient (Wildman–Crippen LogP) is 5.05. The number of carbonyl (C=O) groups is 9. The van der Waals surface area contributed by atoms with Gasteiger partial charge in [0.25, 0.3) is 23.6 Å². The summed E-state index contributed by atoms with van der Waals surface area (Å²) in [6.07, 6.45) is 5.88. The molecule has 0 aliphatic carbocycles. The van der Waals surface area contributed by atoms with E-state index in [1.54, 1.807) is 6.07 Å². The summed E-state index contributed by atoms with van der Waals surface area (Å²) in [4.78, 5) is 123. The number of nitrogens with two attached hydrogens (primary N) is 5. The Hall–Kier alpha value is -9.67. The van der Waals surface area contributed by atoms with Gasteiger partial charge in [0.05, 0.1) is 62.3 Å². The number of rotatable bonds is 38. The standard InChI is InChI=1S/C64H85N13O14/c1-88-52-26-22-41(35-44(52)56(78)70-39-16-14-15-38(33-39)64(86)87)72-62(84)50(19-8-12-31-67)77-59(81)47-36-42(23-27-55(47)91-4)73-61(83)49(18-6-5-10-29-65)75-58(80)46-37-43(24-28-54(46)90-3)74-63(85)51(20-9-13-32-68)76-57(79)45-34-40(21-25-53(45)89-2)71-60(82)48(69)17-7-11-30-66/h14-16,21-28,33-37,48-51H,5-13,17-20,29-32,65-69H2,1-4H3,(H,70,78)(H,71,82)(H,72,84)(H,73,83)(H,74,85)(H,75,80)(H,76,79)(H,77,81)(H,86,87)/t48-,49-,50-,51-/m0/s1. The fraction of sp³-hybridized carbons (Fsp3) is 0.391. The quantitative estimate of drug-likeness (QED) is 0.0230. The molecule has 0 spiro atoms. The number of carboxylic acid groups (broad SMARTS) is 1. The molecule has 91 heavy (non-hydrogen) atoms. The zero-order chi connectivity index (χ0) is 66.4. The zero-order valence-corrected chi connectivity index (χ0v) is 51.7. The summed E-state index contributed by atoms with van der Waals surface area (Å²) in [5.41, 5.74) is 29.8. The maximum Gasteiger partial charge on any atom is 0.335 e. The van der Waals surface area contributed by atoms with Crippen LogP contribution in [0.4, 0.5) is 28.4 Å². The molecule has 19 N–H and O–H groups in total. The van der Waals surface area contributed by atoms with E-state index in [2.05, 4.69) is 42.5 Å². The number of carboxylic acids is 1. The molecule has 5 aromatic rings. The van der Waals surface area contributed by atoms with Gasteiger partial charge in [0.2, 0.25) is 23.6 Å². The maximum atomic E-state index is 14.4. The van der Waals surface area contributed by atoms with Gasteiger partial charge >= 0.3 is 5.97 Å². The highest BCUT2D eigenvalue weighted by molar-refractivity contribution is 6.09. The average molecular weight is 1260 g/mol. The van der Waals surface area contributed by atoms with Crippen molar-refractivity contribution in [3.05, 3.63) is 125 Å². The van der Waals surface area contributed by atoms with Crippen molar-refractivity contribution >= 4 is 81.7 Å². The van der Waals surface area contributed by atoms with E-state index in [-0.39, 0.29) is 98.5 Å². The van der Waals surface area contributed by atoms with Crippen LogP contribution in [0, 0.1) is 0 Å². The van der Waals surface area contributed by atoms with Crippen molar-refractivity contribution in [3.63, 3.8) is 0 Å². The van der Waals surface area contributed by atoms with Gasteiger partial charge in [-0.25, -0.2) is 4.79 Å². The summed E-state index contributed by atoms with van der Waals surface area (Å²) in [6, 6.07) is 18.8. The van der Waals surface area contributed by atoms with Gasteiger partial charge < -0.3 is 95.3 Å². The van der Waals surface area contributed by atoms with Crippen LogP contribution in [-0.4, -0.2) is 137 Å². The summed E-state index contributed by atoms with van der Waals surface area (Å²) in [5.74, 6) is -5.93. The third kappa shape index (κ3) is 22.1. The first-order valence-corrected chi connectivity index (χ1v) is 29.9. The van der Waals surface area contributed by atoms with Crippen LogP contribution in [-0.2, 0) is 19.2 Å². The molecule has 0 bridgehead atoms. The van der Waals surface area contributed by atoms with Crippen molar-refractivity contribution in [1.82, 2.24) is 16.0 Å². The van der Waals surface area contributed by atoms with Gasteiger partial charge in [0, 0.05) is 28.4 Å². The molecule has 0 fully saturated rings. The molecular weight excluding hydrogens is 1170 g/mol. The van der Waals surface area contributed by atoms with Crippen LogP contribution in [0.5, 0.6) is 23.0 Å². The normalized spacial score (nSPS) is 12.1. The van der Waals surface area contributed by atoms with E-state index in [0.717, 1.165) is 0 Å². The first-order valence-electron chi connectivity index (χ1n) is 29.9. The highest BCUT2D eigenvalue weighted by atomic mass is 16.5. The summed E-state index contributed by atoms with van der Waals surface area (Å²) < 4.78 is 22.0. The highest BCUT2D eigenvalue weighted by Gasteiger charge is 2.29. The first-order chi connectivity index (χ1) is 43.8. The lowest BCUT2D eigenvalue weighted by Crippen LogP contribution is -2.44. The van der Waals surface area contributed by atoms with Gasteiger partial charge in [0.15, 0.2) is 0 Å². The van der Waals surface area contributed by atoms with Crippen molar-refractivity contribution < 1.29 is 67.2 Å². The molecule has 27 nitrogen and oxygen atoms in total. The van der Waals surface area contributed by atoms with E-state index in [4.69, 9.17) is 47.6 Å². The number of anilines is 5. The Kier molecular flexibility index (Phi) is 29.6. The lowest BCUT2D eigenvalue weighted by Gasteiger charge is -2.22. The molecular formula is C64H85N13O14. The number of nitrogens with one attached hydrogen (secondary N) is 8. The molecule has 0 saturated carbocycles. The second-order valence-corrected chi connectivity index (χ2v) is 21.1. The molecule has 5 rings (SSSR count). The molecule has 0 saturated heterocycles. The van der Waals surface area contributed by atoms with Crippen molar-refractivity contribution in [1.29, 1.82) is 0 Å². The van der Waals surface area contributed by atoms with Crippen LogP contribution in [0.2, 0.25) is 0 Å². The van der Waals surface area contributed by atoms with E-state index in [1.807, 2.05) is 0 Å². The van der Waals surface area contributed by atoms with Gasteiger partial charge in [0.1, 0.15) is 41.1 Å². The largest absolute Gasteiger partial charge is 0.496 e. The highest BCUT2D eigenvalue weighted by Crippen LogP contribution is 2.29. The molecule has 0 heterocycles. The first kappa shape index (κ1) is 72.1. The van der Waals surface area contributed by atoms with Crippen LogP contribution >= 0.6 is 0 Å². The van der Waals surface area contributed by atoms with Gasteiger partial charge in [-0.2, -0.15) is 0 Å². The molecule has 0 radical (unpaired) electrons. The fourth-order valence-corrected chi connectivity index (χ4v) is 9.51. The molecule has 0 unspecified atom stereocenters. The van der Waals surface area contributed by atoms with Gasteiger partial charge in [-0.15, -0.1) is 0 Å². The van der Waals surface area contributed by atoms with Gasteiger partial charge in [-0.05, 0) is 181 Å². The van der Waals surface area contributed by atoms with Gasteiger partial charge in [-0.3, -0.25) is 38.4 Å². The van der Waals surface area contributed by atoms with Crippen LogP contribution in [0.1, 0.15) is 135 Å². The lowest BCUT2D eigenvalue weighted by molar-refractivity contribution is -0.118. The van der Waals surface area contributed by atoms with Crippen molar-refractivity contribution in [3.8, 4) is 23.0 Å². The van der Waals surface area contributed by atoms with Gasteiger partial charge in [-0.1, -0.05) is 25.3 Å². The number of unbranched alkanes of at least 4 members (excludes halogenated alkanes) is 5. The maximum absolute atomic E-state index is 14.4. The molecule has 490 valence electrons. The molecule has 0 aromatic heterocycles. The van der Waals surface area contributed by atoms with Crippen LogP contribution in [0.15, 0.2) is 97.1 Å². The SMILES string of the molecule is COc1ccc(NC(=O)[C@H](CCCCN)NC(=O)c2cc(NC(=O)[C@H](CCCCCN)NC(=O)c3cc(NC(=O)[C@H](CCCCN)NC(=O)c4cc(NC(=O)[C@@H](N)CCCCN)ccc4OC)ccc3OC)ccc2OC)cc1C(=O)Nc1cccc(C(=O)O)c1. The zero-order valence-electron chi connectivity index (χ0n) is 51.7. The third-order valence-corrected chi connectivity index (χ3v) is 14.5. The minimum atomic E-state index is -1.19. The monoisotopic (exact) mass is 1260 g/mol. The minimum Gasteiger partial charge on any atom is -0.496 e. The van der Waals surface area contributed by atoms with Crippen molar-refractivity contribution in [2.75, 3.05) is 81.2 Å². The minimum absolute atomic E-state index is 0.00844. The fourth-order valence-electron chi connectivity index (χ4n) is 9.51. The topological polar surface area (TPSA) is 437 Å². The number of hydrogen-bond acceptors (Lipinski definition) is 18. The third-order valence-electron chi connectivity index (χ3n) is 14.5. The molecule has 0 aliphatic heterocycles. The Labute approximate surface area is 528 Å². The van der Waals surface area contributed by atoms with E-state index < -0.39 is 77.4 Å². The molecule has 4 atom stereocenters. The van der Waals surface area contributed by atoms with Crippen LogP contribution in [0.25, 0.3) is 0 Å². The summed E-state index contributed by atoms with van der Waals surface area (Å²) in [7, 11) is 5.41. The number of aromatic carboxylic acids is 1. The molecule has 27 heteroatoms. The van der Waals surface area contributed by atoms with E-state index in [1.165, 1.54) is 119 Å². The Balaban J connectivity index is 1.34. The van der Waals surface area contributed by atoms with Crippen LogP contribution < -0.4 is 90.2 Å². The average Bonchev–Trinajstić information content (AvgIpc) is 1.33. The number of hydrogen-bond donors (Lipinski definition) is 14. The van der Waals surface area contributed by atoms with E-state index in [9.17, 15) is 48.3 Å². The predicted molar refractivity (Wildman–Crippen MR) is 346 cm³/mol. The number of methoxy groups -OCH3 is 4. The molecule has 0 aliphatic rings. The summed E-state index contributed by atoms with van der Waals surface area (Å²) in [6.45, 7) is 1.50. The van der Waals surface area contributed by atoms with Crippen molar-refractivity contribution in [2.45, 2.75) is 108 Å². The number of benzene rings is 5. The summed E-state index contributed by atoms with van der Waals surface area (Å²) >= 11 is 0. The number of ether oxygens (including phenoxy) is 4. The second kappa shape index (κ2) is 37.4. The Bertz CT molecular complexity index is 3330. The second-order valence-electron chi connectivity index (χ2n) is 21.1. The van der Waals surface area contributed by atoms with Crippen molar-refractivity contribution in [2.24, 2.45) is 28.7 Å². The molecule has 5 aromatic carbocycles. The number of amides is 8. The van der Waals surface area contributed by atoms with Crippen LogP contribution in [0.3, 0.4) is 0 Å². The molecule has 8 amide bonds. The number of carbonyl (C=O) groups excluding carboxylic acids is 8.